The number of nitrogens with zero attached hydrogens (tertiary/aromatic N) is 2. The van der Waals surface area contributed by atoms with Crippen molar-refractivity contribution >= 4 is 10.8 Å². The molecule has 0 saturated carbocycles. The molecule has 0 N–H and O–H groups in total. The SMILES string of the molecule is COc1cc2ccnc(Cc3ccc(OC)c(OC)c3CN3CCCCC3)c2cc1OC. The third kappa shape index (κ3) is 4.46. The van der Waals surface area contributed by atoms with Crippen LogP contribution < -0.4 is 18.9 Å². The number of fused-ring (bicyclic) bond motifs is 1. The highest BCUT2D eigenvalue weighted by atomic mass is 16.5. The maximum absolute atomic E-state index is 5.83. The number of ether oxygens (including phenoxy) is 4. The van der Waals surface area contributed by atoms with Gasteiger partial charge < -0.3 is 18.9 Å². The molecule has 0 atom stereocenters. The number of hydrogen-bond donors (Lipinski definition) is 0. The van der Waals surface area contributed by atoms with Gasteiger partial charge in [-0.3, -0.25) is 9.88 Å². The first-order valence-electron chi connectivity index (χ1n) is 11.1. The molecule has 0 amide bonds. The summed E-state index contributed by atoms with van der Waals surface area (Å²) in [6, 6.07) is 10.2. The van der Waals surface area contributed by atoms with Gasteiger partial charge in [-0.1, -0.05) is 12.5 Å². The Labute approximate surface area is 190 Å². The number of piperidine rings is 1. The molecule has 2 aromatic carbocycles. The second kappa shape index (κ2) is 10.1. The van der Waals surface area contributed by atoms with Crippen LogP contribution in [0.3, 0.4) is 0 Å². The van der Waals surface area contributed by atoms with Gasteiger partial charge in [-0.2, -0.15) is 0 Å². The molecule has 2 heterocycles. The third-order valence-corrected chi connectivity index (χ3v) is 6.28. The van der Waals surface area contributed by atoms with Gasteiger partial charge in [0.2, 0.25) is 0 Å². The lowest BCUT2D eigenvalue weighted by Crippen LogP contribution is -2.29. The fourth-order valence-corrected chi connectivity index (χ4v) is 4.59. The number of hydrogen-bond acceptors (Lipinski definition) is 6. The molecule has 6 nitrogen and oxygen atoms in total. The number of pyridine rings is 1. The maximum atomic E-state index is 5.83. The molecule has 0 bridgehead atoms. The predicted molar refractivity (Wildman–Crippen MR) is 126 cm³/mol. The average molecular weight is 437 g/mol. The number of likely N-dealkylation sites (tertiary alicyclic amines) is 1. The minimum Gasteiger partial charge on any atom is -0.493 e. The van der Waals surface area contributed by atoms with Crippen molar-refractivity contribution in [2.45, 2.75) is 32.2 Å². The van der Waals surface area contributed by atoms with Crippen molar-refractivity contribution < 1.29 is 18.9 Å². The molecule has 0 radical (unpaired) electrons. The molecule has 4 rings (SSSR count). The van der Waals surface area contributed by atoms with E-state index in [9.17, 15) is 0 Å². The molecule has 0 spiro atoms. The molecular formula is C26H32N2O4. The Kier molecular flexibility index (Phi) is 7.00. The van der Waals surface area contributed by atoms with E-state index < -0.39 is 0 Å². The minimum absolute atomic E-state index is 0.691. The van der Waals surface area contributed by atoms with Crippen molar-refractivity contribution in [3.8, 4) is 23.0 Å². The monoisotopic (exact) mass is 436 g/mol. The first-order valence-corrected chi connectivity index (χ1v) is 11.1. The molecule has 1 aromatic heterocycles. The molecule has 1 aliphatic heterocycles. The normalized spacial score (nSPS) is 14.4. The molecule has 0 unspecified atom stereocenters. The smallest absolute Gasteiger partial charge is 0.165 e. The summed E-state index contributed by atoms with van der Waals surface area (Å²) in [4.78, 5) is 7.25. The zero-order chi connectivity index (χ0) is 22.5. The van der Waals surface area contributed by atoms with Crippen LogP contribution in [0.4, 0.5) is 0 Å². The zero-order valence-electron chi connectivity index (χ0n) is 19.4. The molecule has 1 saturated heterocycles. The third-order valence-electron chi connectivity index (χ3n) is 6.28. The van der Waals surface area contributed by atoms with Crippen LogP contribution in [-0.4, -0.2) is 51.4 Å². The van der Waals surface area contributed by atoms with Gasteiger partial charge in [-0.15, -0.1) is 0 Å². The van der Waals surface area contributed by atoms with Crippen LogP contribution in [0.25, 0.3) is 10.8 Å². The van der Waals surface area contributed by atoms with Gasteiger partial charge in [0.05, 0.1) is 34.1 Å². The number of rotatable bonds is 8. The largest absolute Gasteiger partial charge is 0.493 e. The van der Waals surface area contributed by atoms with E-state index in [2.05, 4.69) is 11.0 Å². The number of benzene rings is 2. The van der Waals surface area contributed by atoms with Crippen molar-refractivity contribution in [1.29, 1.82) is 0 Å². The first kappa shape index (κ1) is 22.2. The van der Waals surface area contributed by atoms with Crippen molar-refractivity contribution in [1.82, 2.24) is 9.88 Å². The maximum Gasteiger partial charge on any atom is 0.165 e. The summed E-state index contributed by atoms with van der Waals surface area (Å²) >= 11 is 0. The van der Waals surface area contributed by atoms with Crippen LogP contribution in [0.5, 0.6) is 23.0 Å². The predicted octanol–water partition coefficient (Wildman–Crippen LogP) is 4.85. The second-order valence-corrected chi connectivity index (χ2v) is 8.14. The molecule has 0 aliphatic carbocycles. The average Bonchev–Trinajstić information content (AvgIpc) is 2.84. The summed E-state index contributed by atoms with van der Waals surface area (Å²) in [6.45, 7) is 3.07. The summed E-state index contributed by atoms with van der Waals surface area (Å²) in [5.41, 5.74) is 3.37. The Morgan fingerprint density at radius 1 is 0.812 bits per heavy atom. The topological polar surface area (TPSA) is 53.0 Å². The fraction of sp³-hybridized carbons (Fsp3) is 0.423. The highest BCUT2D eigenvalue weighted by Crippen LogP contribution is 2.37. The summed E-state index contributed by atoms with van der Waals surface area (Å²) < 4.78 is 22.5. The van der Waals surface area contributed by atoms with Crippen molar-refractivity contribution in [2.24, 2.45) is 0 Å². The Balaban J connectivity index is 1.77. The van der Waals surface area contributed by atoms with Crippen LogP contribution in [0.2, 0.25) is 0 Å². The Morgan fingerprint density at radius 3 is 2.22 bits per heavy atom. The van der Waals surface area contributed by atoms with Crippen LogP contribution in [0, 0.1) is 0 Å². The van der Waals surface area contributed by atoms with E-state index in [1.165, 1.54) is 30.4 Å². The van der Waals surface area contributed by atoms with Crippen LogP contribution in [0.15, 0.2) is 36.5 Å². The van der Waals surface area contributed by atoms with E-state index in [0.717, 1.165) is 47.6 Å². The van der Waals surface area contributed by atoms with Gasteiger partial charge in [0.1, 0.15) is 0 Å². The van der Waals surface area contributed by atoms with E-state index >= 15 is 0 Å². The van der Waals surface area contributed by atoms with Crippen LogP contribution in [-0.2, 0) is 13.0 Å². The lowest BCUT2D eigenvalue weighted by molar-refractivity contribution is 0.216. The van der Waals surface area contributed by atoms with Crippen LogP contribution >= 0.6 is 0 Å². The van der Waals surface area contributed by atoms with Gasteiger partial charge in [0.15, 0.2) is 23.0 Å². The standard InChI is InChI=1S/C26H32N2O4/c1-29-23-9-8-18(21(26(23)32-4)17-28-12-6-5-7-13-28)14-22-20-16-25(31-3)24(30-2)15-19(20)10-11-27-22/h8-11,15-16H,5-7,12-14,17H2,1-4H3. The second-order valence-electron chi connectivity index (χ2n) is 8.14. The van der Waals surface area contributed by atoms with E-state index in [4.69, 9.17) is 23.9 Å². The molecule has 32 heavy (non-hydrogen) atoms. The summed E-state index contributed by atoms with van der Waals surface area (Å²) in [7, 11) is 6.72. The summed E-state index contributed by atoms with van der Waals surface area (Å²) in [5, 5.41) is 2.13. The van der Waals surface area contributed by atoms with Gasteiger partial charge in [0.25, 0.3) is 0 Å². The zero-order valence-corrected chi connectivity index (χ0v) is 19.4. The van der Waals surface area contributed by atoms with Gasteiger partial charge in [-0.25, -0.2) is 0 Å². The van der Waals surface area contributed by atoms with Crippen molar-refractivity contribution in [2.75, 3.05) is 41.5 Å². The molecule has 170 valence electrons. The van der Waals surface area contributed by atoms with Crippen molar-refractivity contribution in [3.05, 3.63) is 53.3 Å². The van der Waals surface area contributed by atoms with E-state index in [1.54, 1.807) is 28.4 Å². The fourth-order valence-electron chi connectivity index (χ4n) is 4.59. The Hall–Kier alpha value is -2.99. The first-order chi connectivity index (χ1) is 15.7. The lowest BCUT2D eigenvalue weighted by Gasteiger charge is -2.28. The summed E-state index contributed by atoms with van der Waals surface area (Å²) in [6.07, 6.45) is 6.34. The molecule has 1 fully saturated rings. The summed E-state index contributed by atoms with van der Waals surface area (Å²) in [5.74, 6) is 3.00. The minimum atomic E-state index is 0.691. The molecule has 3 aromatic rings. The number of methoxy groups -OCH3 is 4. The molecule has 1 aliphatic rings. The Morgan fingerprint density at radius 2 is 1.53 bits per heavy atom. The van der Waals surface area contributed by atoms with Gasteiger partial charge in [0, 0.05) is 30.1 Å². The van der Waals surface area contributed by atoms with E-state index in [1.807, 2.05) is 30.5 Å². The number of aromatic nitrogens is 1. The highest BCUT2D eigenvalue weighted by Gasteiger charge is 2.20. The van der Waals surface area contributed by atoms with Gasteiger partial charge in [-0.05, 0) is 61.1 Å². The quantitative estimate of drug-likeness (QED) is 0.503. The lowest BCUT2D eigenvalue weighted by atomic mass is 9.97. The van der Waals surface area contributed by atoms with E-state index in [0.29, 0.717) is 17.9 Å². The van der Waals surface area contributed by atoms with E-state index in [-0.39, 0.29) is 0 Å². The molecular weight excluding hydrogens is 404 g/mol. The Bertz CT molecular complexity index is 1080. The highest BCUT2D eigenvalue weighted by molar-refractivity contribution is 5.88. The van der Waals surface area contributed by atoms with Crippen LogP contribution in [0.1, 0.15) is 36.1 Å². The molecule has 6 heteroatoms. The van der Waals surface area contributed by atoms with Crippen molar-refractivity contribution in [3.63, 3.8) is 0 Å². The van der Waals surface area contributed by atoms with Gasteiger partial charge >= 0.3 is 0 Å².